The Morgan fingerprint density at radius 2 is 1.66 bits per heavy atom. The summed E-state index contributed by atoms with van der Waals surface area (Å²) in [6, 6.07) is 28.1. The number of carbonyl (C=O) groups excluding carboxylic acids is 1. The summed E-state index contributed by atoms with van der Waals surface area (Å²) in [4.78, 5) is 29.0. The average Bonchev–Trinajstić information content (AvgIpc) is 3.43. The van der Waals surface area contributed by atoms with Crippen LogP contribution >= 0.6 is 0 Å². The number of carbonyl (C=O) groups is 1. The number of nitrogens with one attached hydrogen (secondary N) is 3. The highest BCUT2D eigenvalue weighted by atomic mass is 32.2. The number of fused-ring (bicyclic) bond motifs is 2. The van der Waals surface area contributed by atoms with Gasteiger partial charge in [0.2, 0.25) is 15.9 Å². The van der Waals surface area contributed by atoms with E-state index in [4.69, 9.17) is 4.74 Å². The molecule has 240 valence electrons. The first kappa shape index (κ1) is 31.6. The third kappa shape index (κ3) is 6.10. The number of anilines is 1. The van der Waals surface area contributed by atoms with E-state index in [2.05, 4.69) is 15.0 Å². The summed E-state index contributed by atoms with van der Waals surface area (Å²) >= 11 is 0. The number of amides is 1. The first-order valence-electron chi connectivity index (χ1n) is 15.0. The van der Waals surface area contributed by atoms with Crippen molar-refractivity contribution in [1.29, 1.82) is 0 Å². The molecule has 47 heavy (non-hydrogen) atoms. The van der Waals surface area contributed by atoms with Gasteiger partial charge in [-0.3, -0.25) is 9.59 Å². The molecule has 0 aliphatic carbocycles. The van der Waals surface area contributed by atoms with Crippen molar-refractivity contribution in [3.63, 3.8) is 0 Å². The fourth-order valence-corrected chi connectivity index (χ4v) is 7.14. The number of aromatic nitrogens is 2. The molecule has 0 saturated heterocycles. The fourth-order valence-electron chi connectivity index (χ4n) is 6.11. The van der Waals surface area contributed by atoms with E-state index in [0.29, 0.717) is 33.6 Å². The van der Waals surface area contributed by atoms with Crippen LogP contribution in [0.25, 0.3) is 21.8 Å². The molecular formula is C36H34N4O6S. The van der Waals surface area contributed by atoms with Crippen LogP contribution in [-0.2, 0) is 28.3 Å². The Morgan fingerprint density at radius 3 is 2.38 bits per heavy atom. The number of methoxy groups -OCH3 is 1. The maximum Gasteiger partial charge on any atom is 0.258 e. The topological polar surface area (TPSA) is 143 Å². The molecule has 0 radical (unpaired) electrons. The highest BCUT2D eigenvalue weighted by Crippen LogP contribution is 2.41. The van der Waals surface area contributed by atoms with Crippen molar-refractivity contribution in [2.45, 2.75) is 24.2 Å². The molecule has 1 amide bonds. The molecule has 0 fully saturated rings. The minimum atomic E-state index is -3.88. The second kappa shape index (κ2) is 12.8. The predicted molar refractivity (Wildman–Crippen MR) is 183 cm³/mol. The van der Waals surface area contributed by atoms with E-state index in [9.17, 15) is 23.1 Å². The van der Waals surface area contributed by atoms with E-state index in [1.54, 1.807) is 26.3 Å². The van der Waals surface area contributed by atoms with Crippen LogP contribution in [-0.4, -0.2) is 42.6 Å². The number of hydrogen-bond donors (Lipinski definition) is 4. The quantitative estimate of drug-likeness (QED) is 0.157. The summed E-state index contributed by atoms with van der Waals surface area (Å²) in [5, 5.41) is 15.8. The average molecular weight is 651 g/mol. The molecule has 6 aromatic rings. The van der Waals surface area contributed by atoms with Gasteiger partial charge in [0.1, 0.15) is 11.5 Å². The highest BCUT2D eigenvalue weighted by Gasteiger charge is 2.30. The van der Waals surface area contributed by atoms with Gasteiger partial charge < -0.3 is 24.7 Å². The van der Waals surface area contributed by atoms with Gasteiger partial charge in [0.25, 0.3) is 5.56 Å². The number of ether oxygens (including phenoxy) is 1. The molecule has 2 aromatic heterocycles. The molecule has 1 atom stereocenters. The molecule has 0 spiro atoms. The monoisotopic (exact) mass is 650 g/mol. The van der Waals surface area contributed by atoms with Crippen LogP contribution in [0.4, 0.5) is 5.69 Å². The van der Waals surface area contributed by atoms with Crippen molar-refractivity contribution in [1.82, 2.24) is 14.3 Å². The summed E-state index contributed by atoms with van der Waals surface area (Å²) in [5.74, 6) is -0.548. The Balaban J connectivity index is 1.46. The standard InChI is InChI=1S/C36H34N4O6S/c1-22(41)38-24-15-17-26(18-16-24)47(44,45)37-20-19-28-27-11-4-6-13-30(27)39-34(28)32(23-9-8-10-25(21-23)46-3)33-35(42)29-12-5-7-14-31(29)40(2)36(33)43/h4-18,21,32,37,39,42H,19-20H2,1-3H3,(H,38,41). The van der Waals surface area contributed by atoms with Crippen molar-refractivity contribution in [2.24, 2.45) is 7.05 Å². The first-order valence-corrected chi connectivity index (χ1v) is 16.5. The van der Waals surface area contributed by atoms with Crippen molar-refractivity contribution < 1.29 is 23.1 Å². The lowest BCUT2D eigenvalue weighted by molar-refractivity contribution is -0.114. The molecule has 0 aliphatic heterocycles. The Morgan fingerprint density at radius 1 is 0.957 bits per heavy atom. The summed E-state index contributed by atoms with van der Waals surface area (Å²) < 4.78 is 36.3. The zero-order valence-electron chi connectivity index (χ0n) is 26.1. The normalized spacial score (nSPS) is 12.3. The lowest BCUT2D eigenvalue weighted by Gasteiger charge is -2.22. The molecule has 6 rings (SSSR count). The number of nitrogens with zero attached hydrogens (tertiary/aromatic N) is 1. The number of benzene rings is 4. The van der Waals surface area contributed by atoms with Gasteiger partial charge in [-0.2, -0.15) is 0 Å². The summed E-state index contributed by atoms with van der Waals surface area (Å²) in [6.45, 7) is 1.43. The number of aromatic hydroxyl groups is 1. The molecule has 4 aromatic carbocycles. The van der Waals surface area contributed by atoms with Gasteiger partial charge in [0.15, 0.2) is 0 Å². The third-order valence-corrected chi connectivity index (χ3v) is 9.79. The number of aryl methyl sites for hydroxylation is 1. The molecule has 10 nitrogen and oxygen atoms in total. The second-order valence-corrected chi connectivity index (χ2v) is 13.0. The maximum atomic E-state index is 14.1. The zero-order chi connectivity index (χ0) is 33.3. The number of sulfonamides is 1. The lowest BCUT2D eigenvalue weighted by atomic mass is 9.85. The third-order valence-electron chi connectivity index (χ3n) is 8.31. The zero-order valence-corrected chi connectivity index (χ0v) is 26.9. The van der Waals surface area contributed by atoms with Crippen molar-refractivity contribution in [2.75, 3.05) is 19.0 Å². The molecule has 1 unspecified atom stereocenters. The molecule has 2 heterocycles. The molecule has 0 saturated carbocycles. The van der Waals surface area contributed by atoms with Gasteiger partial charge in [-0.15, -0.1) is 0 Å². The molecule has 11 heteroatoms. The van der Waals surface area contributed by atoms with Crippen molar-refractivity contribution >= 4 is 43.4 Å². The number of pyridine rings is 1. The van der Waals surface area contributed by atoms with E-state index in [1.807, 2.05) is 60.7 Å². The maximum absolute atomic E-state index is 14.1. The Labute approximate surface area is 271 Å². The largest absolute Gasteiger partial charge is 0.507 e. The van der Waals surface area contributed by atoms with Crippen molar-refractivity contribution in [3.05, 3.63) is 130 Å². The molecule has 0 bridgehead atoms. The predicted octanol–water partition coefficient (Wildman–Crippen LogP) is 5.39. The van der Waals surface area contributed by atoms with E-state index in [1.165, 1.54) is 35.8 Å². The first-order chi connectivity index (χ1) is 22.6. The Kier molecular flexibility index (Phi) is 8.59. The number of rotatable bonds is 10. The Hall–Kier alpha value is -5.39. The number of para-hydroxylation sites is 2. The van der Waals surface area contributed by atoms with E-state index < -0.39 is 15.9 Å². The molecular weight excluding hydrogens is 616 g/mol. The number of H-pyrrole nitrogens is 1. The summed E-state index contributed by atoms with van der Waals surface area (Å²) in [6.07, 6.45) is 0.275. The molecule has 4 N–H and O–H groups in total. The van der Waals surface area contributed by atoms with Crippen molar-refractivity contribution in [3.8, 4) is 11.5 Å². The molecule has 0 aliphatic rings. The lowest BCUT2D eigenvalue weighted by Crippen LogP contribution is -2.27. The van der Waals surface area contributed by atoms with Gasteiger partial charge in [0.05, 0.1) is 29.0 Å². The smallest absolute Gasteiger partial charge is 0.258 e. The van der Waals surface area contributed by atoms with Gasteiger partial charge in [-0.05, 0) is 72.1 Å². The minimum Gasteiger partial charge on any atom is -0.507 e. The van der Waals surface area contributed by atoms with E-state index in [-0.39, 0.29) is 40.6 Å². The van der Waals surface area contributed by atoms with Crippen LogP contribution in [0.15, 0.2) is 107 Å². The van der Waals surface area contributed by atoms with Crippen LogP contribution in [0.2, 0.25) is 0 Å². The van der Waals surface area contributed by atoms with Crippen LogP contribution < -0.4 is 20.3 Å². The van der Waals surface area contributed by atoms with Crippen LogP contribution in [0.3, 0.4) is 0 Å². The fraction of sp³-hybridized carbons (Fsp3) is 0.167. The Bertz CT molecular complexity index is 2290. The summed E-state index contributed by atoms with van der Waals surface area (Å²) in [7, 11) is -0.640. The summed E-state index contributed by atoms with van der Waals surface area (Å²) in [5.41, 5.74) is 3.88. The van der Waals surface area contributed by atoms with Crippen LogP contribution in [0.5, 0.6) is 11.5 Å². The highest BCUT2D eigenvalue weighted by molar-refractivity contribution is 7.89. The number of hydrogen-bond acceptors (Lipinski definition) is 6. The van der Waals surface area contributed by atoms with Gasteiger partial charge >= 0.3 is 0 Å². The van der Waals surface area contributed by atoms with E-state index >= 15 is 0 Å². The van der Waals surface area contributed by atoms with Gasteiger partial charge in [0, 0.05) is 48.2 Å². The van der Waals surface area contributed by atoms with Crippen LogP contribution in [0, 0.1) is 0 Å². The SMILES string of the molecule is COc1cccc(C(c2[nH]c3ccccc3c2CCNS(=O)(=O)c2ccc(NC(C)=O)cc2)c2c(O)c3ccccc3n(C)c2=O)c1. The second-order valence-electron chi connectivity index (χ2n) is 11.3. The van der Waals surface area contributed by atoms with Crippen LogP contribution in [0.1, 0.15) is 35.2 Å². The minimum absolute atomic E-state index is 0.0527. The van der Waals surface area contributed by atoms with E-state index in [0.717, 1.165) is 16.5 Å². The van der Waals surface area contributed by atoms with Gasteiger partial charge in [-0.1, -0.05) is 42.5 Å². The van der Waals surface area contributed by atoms with Gasteiger partial charge in [-0.25, -0.2) is 13.1 Å². The number of aromatic amines is 1.